The predicted molar refractivity (Wildman–Crippen MR) is 92.8 cm³/mol. The highest BCUT2D eigenvalue weighted by Crippen LogP contribution is 2.14. The molecule has 2 amide bonds. The van der Waals surface area contributed by atoms with Gasteiger partial charge >= 0.3 is 0 Å². The van der Waals surface area contributed by atoms with E-state index in [-0.39, 0.29) is 18.4 Å². The molecule has 7 heteroatoms. The summed E-state index contributed by atoms with van der Waals surface area (Å²) in [5.41, 5.74) is 0.857. The van der Waals surface area contributed by atoms with E-state index < -0.39 is 0 Å². The van der Waals surface area contributed by atoms with Crippen molar-refractivity contribution in [1.82, 2.24) is 15.1 Å². The highest BCUT2D eigenvalue weighted by molar-refractivity contribution is 6.31. The lowest BCUT2D eigenvalue weighted by molar-refractivity contribution is -0.134. The average molecular weight is 354 g/mol. The van der Waals surface area contributed by atoms with Crippen molar-refractivity contribution >= 4 is 23.4 Å². The largest absolute Gasteiger partial charge is 0.379 e. The number of ether oxygens (including phenoxy) is 1. The lowest BCUT2D eigenvalue weighted by atomic mass is 10.2. The Balaban J connectivity index is 1.77. The normalized spacial score (nSPS) is 15.1. The van der Waals surface area contributed by atoms with Crippen molar-refractivity contribution < 1.29 is 14.3 Å². The van der Waals surface area contributed by atoms with Crippen LogP contribution >= 0.6 is 11.6 Å². The van der Waals surface area contributed by atoms with Crippen LogP contribution in [-0.2, 0) is 20.9 Å². The number of benzene rings is 1. The van der Waals surface area contributed by atoms with Gasteiger partial charge in [-0.1, -0.05) is 29.8 Å². The first-order chi connectivity index (χ1) is 11.6. The molecule has 6 nitrogen and oxygen atoms in total. The molecule has 0 saturated carbocycles. The van der Waals surface area contributed by atoms with Crippen molar-refractivity contribution in [2.24, 2.45) is 0 Å². The van der Waals surface area contributed by atoms with Crippen molar-refractivity contribution in [2.75, 3.05) is 45.9 Å². The second-order valence-corrected chi connectivity index (χ2v) is 6.17. The highest BCUT2D eigenvalue weighted by atomic mass is 35.5. The summed E-state index contributed by atoms with van der Waals surface area (Å²) in [4.78, 5) is 27.7. The molecule has 1 aromatic carbocycles. The predicted octanol–water partition coefficient (Wildman–Crippen LogP) is 1.14. The van der Waals surface area contributed by atoms with Crippen molar-refractivity contribution in [3.63, 3.8) is 0 Å². The zero-order valence-electron chi connectivity index (χ0n) is 14.0. The molecule has 0 atom stereocenters. The maximum Gasteiger partial charge on any atom is 0.239 e. The van der Waals surface area contributed by atoms with Crippen molar-refractivity contribution in [2.45, 2.75) is 13.5 Å². The Kier molecular flexibility index (Phi) is 7.49. The summed E-state index contributed by atoms with van der Waals surface area (Å²) >= 11 is 6.07. The molecule has 24 heavy (non-hydrogen) atoms. The molecule has 0 aromatic heterocycles. The SMILES string of the molecule is CC(=O)N(CCN1CCOCC1)CC(=O)NCc1ccccc1Cl. The van der Waals surface area contributed by atoms with Gasteiger partial charge < -0.3 is 15.0 Å². The summed E-state index contributed by atoms with van der Waals surface area (Å²) in [5, 5.41) is 3.43. The molecule has 1 heterocycles. The number of rotatable bonds is 7. The van der Waals surface area contributed by atoms with E-state index in [4.69, 9.17) is 16.3 Å². The molecule has 1 saturated heterocycles. The summed E-state index contributed by atoms with van der Waals surface area (Å²) in [6, 6.07) is 7.37. The quantitative estimate of drug-likeness (QED) is 0.798. The Morgan fingerprint density at radius 1 is 1.29 bits per heavy atom. The van der Waals surface area contributed by atoms with Crippen LogP contribution in [0.15, 0.2) is 24.3 Å². The van der Waals surface area contributed by atoms with Gasteiger partial charge in [0, 0.05) is 44.7 Å². The van der Waals surface area contributed by atoms with Crippen LogP contribution < -0.4 is 5.32 Å². The number of hydrogen-bond donors (Lipinski definition) is 1. The molecule has 1 aliphatic rings. The van der Waals surface area contributed by atoms with Gasteiger partial charge in [0.05, 0.1) is 19.8 Å². The van der Waals surface area contributed by atoms with E-state index >= 15 is 0 Å². The number of nitrogens with zero attached hydrogens (tertiary/aromatic N) is 2. The van der Waals surface area contributed by atoms with Crippen LogP contribution in [0.2, 0.25) is 5.02 Å². The number of carbonyl (C=O) groups is 2. The third-order valence-corrected chi connectivity index (χ3v) is 4.37. The van der Waals surface area contributed by atoms with Crippen LogP contribution in [-0.4, -0.2) is 67.6 Å². The van der Waals surface area contributed by atoms with Crippen LogP contribution in [0.3, 0.4) is 0 Å². The molecule has 0 unspecified atom stereocenters. The van der Waals surface area contributed by atoms with Crippen molar-refractivity contribution in [3.8, 4) is 0 Å². The van der Waals surface area contributed by atoms with Gasteiger partial charge in [-0.15, -0.1) is 0 Å². The molecule has 0 bridgehead atoms. The number of carbonyl (C=O) groups excluding carboxylic acids is 2. The van der Waals surface area contributed by atoms with Gasteiger partial charge in [-0.3, -0.25) is 14.5 Å². The maximum absolute atomic E-state index is 12.1. The monoisotopic (exact) mass is 353 g/mol. The Labute approximate surface area is 147 Å². The first kappa shape index (κ1) is 18.7. The number of hydrogen-bond acceptors (Lipinski definition) is 4. The highest BCUT2D eigenvalue weighted by Gasteiger charge is 2.16. The fourth-order valence-corrected chi connectivity index (χ4v) is 2.70. The first-order valence-corrected chi connectivity index (χ1v) is 8.50. The lowest BCUT2D eigenvalue weighted by Gasteiger charge is -2.29. The van der Waals surface area contributed by atoms with E-state index in [2.05, 4.69) is 10.2 Å². The Bertz CT molecular complexity index is 562. The second kappa shape index (κ2) is 9.61. The van der Waals surface area contributed by atoms with Gasteiger partial charge in [-0.05, 0) is 11.6 Å². The summed E-state index contributed by atoms with van der Waals surface area (Å²) in [6.07, 6.45) is 0. The molecule has 0 spiro atoms. The van der Waals surface area contributed by atoms with E-state index in [9.17, 15) is 9.59 Å². The van der Waals surface area contributed by atoms with Crippen LogP contribution in [0.25, 0.3) is 0 Å². The van der Waals surface area contributed by atoms with Crippen LogP contribution in [0, 0.1) is 0 Å². The Morgan fingerprint density at radius 2 is 2.00 bits per heavy atom. The topological polar surface area (TPSA) is 61.9 Å². The zero-order chi connectivity index (χ0) is 17.4. The van der Waals surface area contributed by atoms with Gasteiger partial charge in [0.2, 0.25) is 11.8 Å². The molecule has 0 radical (unpaired) electrons. The third-order valence-electron chi connectivity index (χ3n) is 4.00. The minimum atomic E-state index is -0.188. The summed E-state index contributed by atoms with van der Waals surface area (Å²) in [7, 11) is 0. The van der Waals surface area contributed by atoms with Crippen LogP contribution in [0.5, 0.6) is 0 Å². The molecular weight excluding hydrogens is 330 g/mol. The summed E-state index contributed by atoms with van der Waals surface area (Å²) in [6.45, 7) is 6.36. The average Bonchev–Trinajstić information content (AvgIpc) is 2.58. The number of morpholine rings is 1. The van der Waals surface area contributed by atoms with Crippen molar-refractivity contribution in [3.05, 3.63) is 34.9 Å². The number of amides is 2. The molecular formula is C17H24ClN3O3. The fourth-order valence-electron chi connectivity index (χ4n) is 2.50. The summed E-state index contributed by atoms with van der Waals surface area (Å²) in [5.74, 6) is -0.289. The van der Waals surface area contributed by atoms with E-state index in [0.29, 0.717) is 18.1 Å². The fraction of sp³-hybridized carbons (Fsp3) is 0.529. The van der Waals surface area contributed by atoms with Gasteiger partial charge in [0.1, 0.15) is 0 Å². The number of halogens is 1. The molecule has 1 aromatic rings. The van der Waals surface area contributed by atoms with Gasteiger partial charge in [-0.2, -0.15) is 0 Å². The van der Waals surface area contributed by atoms with E-state index in [1.807, 2.05) is 18.2 Å². The molecule has 1 N–H and O–H groups in total. The van der Waals surface area contributed by atoms with Gasteiger partial charge in [-0.25, -0.2) is 0 Å². The van der Waals surface area contributed by atoms with E-state index in [0.717, 1.165) is 38.4 Å². The van der Waals surface area contributed by atoms with E-state index in [1.54, 1.807) is 11.0 Å². The molecule has 132 valence electrons. The lowest BCUT2D eigenvalue weighted by Crippen LogP contribution is -2.45. The Morgan fingerprint density at radius 3 is 2.67 bits per heavy atom. The van der Waals surface area contributed by atoms with Gasteiger partial charge in [0.15, 0.2) is 0 Å². The zero-order valence-corrected chi connectivity index (χ0v) is 14.7. The smallest absolute Gasteiger partial charge is 0.239 e. The first-order valence-electron chi connectivity index (χ1n) is 8.12. The number of nitrogens with one attached hydrogen (secondary N) is 1. The van der Waals surface area contributed by atoms with Crippen molar-refractivity contribution in [1.29, 1.82) is 0 Å². The van der Waals surface area contributed by atoms with E-state index in [1.165, 1.54) is 6.92 Å². The Hall–Kier alpha value is -1.63. The molecule has 0 aliphatic carbocycles. The summed E-state index contributed by atoms with van der Waals surface area (Å²) < 4.78 is 5.31. The molecule has 1 fully saturated rings. The molecule has 2 rings (SSSR count). The van der Waals surface area contributed by atoms with Crippen LogP contribution in [0.1, 0.15) is 12.5 Å². The van der Waals surface area contributed by atoms with Crippen LogP contribution in [0.4, 0.5) is 0 Å². The minimum Gasteiger partial charge on any atom is -0.379 e. The second-order valence-electron chi connectivity index (χ2n) is 5.76. The minimum absolute atomic E-state index is 0.0596. The standard InChI is InChI=1S/C17H24ClN3O3/c1-14(22)21(7-6-20-8-10-24-11-9-20)13-17(23)19-12-15-4-2-3-5-16(15)18/h2-5H,6-13H2,1H3,(H,19,23). The molecule has 1 aliphatic heterocycles. The van der Waals surface area contributed by atoms with Gasteiger partial charge in [0.25, 0.3) is 0 Å². The maximum atomic E-state index is 12.1. The third kappa shape index (κ3) is 6.11.